The number of carbonyl (C=O) groups is 4. The zero-order chi connectivity index (χ0) is 27.8. The van der Waals surface area contributed by atoms with E-state index in [9.17, 15) is 24.3 Å². The van der Waals surface area contributed by atoms with Crippen molar-refractivity contribution in [1.29, 1.82) is 0 Å². The molecule has 1 aromatic carbocycles. The Morgan fingerprint density at radius 3 is 1.83 bits per heavy atom. The van der Waals surface area contributed by atoms with Crippen molar-refractivity contribution in [2.24, 2.45) is 23.0 Å². The second-order valence-corrected chi connectivity index (χ2v) is 11.0. The Hall–Kier alpha value is -2.94. The van der Waals surface area contributed by atoms with Crippen molar-refractivity contribution < 1.29 is 38.5 Å². The molecular formula is C27H41NO8. The van der Waals surface area contributed by atoms with E-state index in [0.29, 0.717) is 5.56 Å². The lowest BCUT2D eigenvalue weighted by atomic mass is 9.86. The summed E-state index contributed by atoms with van der Waals surface area (Å²) in [5.74, 6) is -3.29. The second-order valence-electron chi connectivity index (χ2n) is 11.0. The third kappa shape index (κ3) is 10.4. The first-order valence-corrected chi connectivity index (χ1v) is 12.3. The Labute approximate surface area is 213 Å². The Bertz CT molecular complexity index is 932. The third-order valence-corrected chi connectivity index (χ3v) is 5.22. The molecule has 0 aliphatic rings. The molecule has 0 spiro atoms. The molecule has 0 fully saturated rings. The van der Waals surface area contributed by atoms with Crippen LogP contribution in [0.25, 0.3) is 0 Å². The number of rotatable bonds is 12. The molecule has 0 radical (unpaired) electrons. The van der Waals surface area contributed by atoms with Gasteiger partial charge in [0.25, 0.3) is 0 Å². The molecular weight excluding hydrogens is 466 g/mol. The molecule has 0 saturated heterocycles. The van der Waals surface area contributed by atoms with Crippen LogP contribution in [0.4, 0.5) is 0 Å². The van der Waals surface area contributed by atoms with Gasteiger partial charge in [-0.3, -0.25) is 19.2 Å². The standard InChI is InChI=1S/C27H41NO8/c1-15(2)11-22(29)35-20-10-9-18(14-21(20)36-23(30)12-16(3)4)19(24(28)25(31)32)13-17(5)34-26(33)27(6,7)8/h9-10,14-17,19,24H,11-13,28H2,1-8H3,(H,31,32)/t17?,19?,24-/m0/s1. The van der Waals surface area contributed by atoms with E-state index in [1.54, 1.807) is 33.8 Å². The molecule has 1 rings (SSSR count). The summed E-state index contributed by atoms with van der Waals surface area (Å²) < 4.78 is 16.5. The molecule has 0 heterocycles. The summed E-state index contributed by atoms with van der Waals surface area (Å²) in [5, 5.41) is 9.62. The van der Waals surface area contributed by atoms with Crippen molar-refractivity contribution >= 4 is 23.9 Å². The van der Waals surface area contributed by atoms with Gasteiger partial charge in [0.1, 0.15) is 6.04 Å². The number of esters is 3. The van der Waals surface area contributed by atoms with Gasteiger partial charge in [-0.25, -0.2) is 0 Å². The molecule has 0 aliphatic heterocycles. The number of nitrogens with two attached hydrogens (primary N) is 1. The van der Waals surface area contributed by atoms with Gasteiger partial charge < -0.3 is 25.1 Å². The van der Waals surface area contributed by atoms with Gasteiger partial charge in [0.05, 0.1) is 11.5 Å². The summed E-state index contributed by atoms with van der Waals surface area (Å²) in [6, 6.07) is 3.17. The van der Waals surface area contributed by atoms with Gasteiger partial charge in [0.2, 0.25) is 0 Å². The highest BCUT2D eigenvalue weighted by Gasteiger charge is 2.32. The van der Waals surface area contributed by atoms with Crippen LogP contribution in [0.2, 0.25) is 0 Å². The molecule has 0 bridgehead atoms. The maximum absolute atomic E-state index is 12.4. The monoisotopic (exact) mass is 507 g/mol. The van der Waals surface area contributed by atoms with Gasteiger partial charge >= 0.3 is 23.9 Å². The molecule has 2 unspecified atom stereocenters. The maximum atomic E-state index is 12.4. The summed E-state index contributed by atoms with van der Waals surface area (Å²) in [7, 11) is 0. The van der Waals surface area contributed by atoms with Crippen LogP contribution < -0.4 is 15.2 Å². The van der Waals surface area contributed by atoms with Gasteiger partial charge in [-0.2, -0.15) is 0 Å². The normalized spacial score (nSPS) is 14.2. The Morgan fingerprint density at radius 1 is 0.889 bits per heavy atom. The van der Waals surface area contributed by atoms with E-state index in [1.165, 1.54) is 12.1 Å². The molecule has 0 amide bonds. The third-order valence-electron chi connectivity index (χ3n) is 5.22. The molecule has 9 nitrogen and oxygen atoms in total. The quantitative estimate of drug-likeness (QED) is 0.310. The van der Waals surface area contributed by atoms with Crippen LogP contribution in [0.5, 0.6) is 11.5 Å². The van der Waals surface area contributed by atoms with E-state index in [4.69, 9.17) is 19.9 Å². The van der Waals surface area contributed by atoms with Gasteiger partial charge in [0, 0.05) is 18.8 Å². The van der Waals surface area contributed by atoms with Crippen LogP contribution in [-0.4, -0.2) is 41.1 Å². The summed E-state index contributed by atoms with van der Waals surface area (Å²) in [5.41, 5.74) is 5.74. The van der Waals surface area contributed by atoms with E-state index in [0.717, 1.165) is 0 Å². The van der Waals surface area contributed by atoms with E-state index in [-0.39, 0.29) is 42.6 Å². The Kier molecular flexibility index (Phi) is 11.6. The molecule has 0 aromatic heterocycles. The van der Waals surface area contributed by atoms with Crippen molar-refractivity contribution in [3.63, 3.8) is 0 Å². The average molecular weight is 508 g/mol. The summed E-state index contributed by atoms with van der Waals surface area (Å²) in [4.78, 5) is 48.8. The summed E-state index contributed by atoms with van der Waals surface area (Å²) in [6.45, 7) is 14.3. The molecule has 3 atom stereocenters. The summed E-state index contributed by atoms with van der Waals surface area (Å²) >= 11 is 0. The topological polar surface area (TPSA) is 142 Å². The largest absolute Gasteiger partial charge is 0.480 e. The molecule has 202 valence electrons. The number of carboxylic acid groups (broad SMARTS) is 1. The minimum Gasteiger partial charge on any atom is -0.480 e. The van der Waals surface area contributed by atoms with Crippen molar-refractivity contribution in [3.05, 3.63) is 23.8 Å². The number of hydrogen-bond donors (Lipinski definition) is 2. The first-order valence-electron chi connectivity index (χ1n) is 12.3. The number of ether oxygens (including phenoxy) is 3. The van der Waals surface area contributed by atoms with E-state index in [1.807, 2.05) is 27.7 Å². The highest BCUT2D eigenvalue weighted by atomic mass is 16.6. The smallest absolute Gasteiger partial charge is 0.321 e. The van der Waals surface area contributed by atoms with Crippen LogP contribution in [-0.2, 0) is 23.9 Å². The number of carbonyl (C=O) groups excluding carboxylic acids is 3. The SMILES string of the molecule is CC(C)CC(=O)Oc1ccc(C(CC(C)OC(=O)C(C)(C)C)[C@H](N)C(=O)O)cc1OC(=O)CC(C)C. The van der Waals surface area contributed by atoms with Gasteiger partial charge in [-0.15, -0.1) is 0 Å². The van der Waals surface area contributed by atoms with Gasteiger partial charge in [-0.05, 0) is 63.6 Å². The molecule has 9 heteroatoms. The molecule has 0 aliphatic carbocycles. The van der Waals surface area contributed by atoms with Crippen molar-refractivity contribution in [1.82, 2.24) is 0 Å². The molecule has 1 aromatic rings. The van der Waals surface area contributed by atoms with Crippen molar-refractivity contribution in [2.45, 2.75) is 92.7 Å². The Morgan fingerprint density at radius 2 is 1.39 bits per heavy atom. The minimum absolute atomic E-state index is 0.00261. The van der Waals surface area contributed by atoms with Gasteiger partial charge in [-0.1, -0.05) is 33.8 Å². The fourth-order valence-electron chi connectivity index (χ4n) is 3.34. The van der Waals surface area contributed by atoms with E-state index < -0.39 is 47.4 Å². The molecule has 3 N–H and O–H groups in total. The fraction of sp³-hybridized carbons (Fsp3) is 0.630. The van der Waals surface area contributed by atoms with E-state index >= 15 is 0 Å². The van der Waals surface area contributed by atoms with Crippen molar-refractivity contribution in [2.75, 3.05) is 0 Å². The number of aliphatic carboxylic acids is 1. The lowest BCUT2D eigenvalue weighted by molar-refractivity contribution is -0.158. The van der Waals surface area contributed by atoms with Crippen LogP contribution in [0.1, 0.15) is 86.1 Å². The maximum Gasteiger partial charge on any atom is 0.321 e. The molecule has 36 heavy (non-hydrogen) atoms. The predicted octanol–water partition coefficient (Wildman–Crippen LogP) is 4.45. The Balaban J connectivity index is 3.37. The minimum atomic E-state index is -1.32. The van der Waals surface area contributed by atoms with Crippen LogP contribution in [0.3, 0.4) is 0 Å². The van der Waals surface area contributed by atoms with Crippen LogP contribution in [0.15, 0.2) is 18.2 Å². The summed E-state index contributed by atoms with van der Waals surface area (Å²) in [6.07, 6.45) is -0.213. The number of carboxylic acids is 1. The first kappa shape index (κ1) is 31.1. The van der Waals surface area contributed by atoms with Crippen LogP contribution in [0, 0.1) is 17.3 Å². The first-order chi connectivity index (χ1) is 16.5. The number of benzene rings is 1. The van der Waals surface area contributed by atoms with Gasteiger partial charge in [0.15, 0.2) is 11.5 Å². The zero-order valence-corrected chi connectivity index (χ0v) is 22.6. The lowest BCUT2D eigenvalue weighted by Crippen LogP contribution is -2.39. The lowest BCUT2D eigenvalue weighted by Gasteiger charge is -2.27. The van der Waals surface area contributed by atoms with Crippen molar-refractivity contribution in [3.8, 4) is 11.5 Å². The average Bonchev–Trinajstić information content (AvgIpc) is 2.70. The number of hydrogen-bond acceptors (Lipinski definition) is 8. The highest BCUT2D eigenvalue weighted by Crippen LogP contribution is 2.35. The van der Waals surface area contributed by atoms with Crippen LogP contribution >= 0.6 is 0 Å². The zero-order valence-electron chi connectivity index (χ0n) is 22.6. The molecule has 0 saturated carbocycles. The highest BCUT2D eigenvalue weighted by molar-refractivity contribution is 5.78. The van der Waals surface area contributed by atoms with E-state index in [2.05, 4.69) is 0 Å². The second kappa shape index (κ2) is 13.4. The fourth-order valence-corrected chi connectivity index (χ4v) is 3.34. The predicted molar refractivity (Wildman–Crippen MR) is 135 cm³/mol.